The van der Waals surface area contributed by atoms with E-state index in [-0.39, 0.29) is 76.4 Å². The summed E-state index contributed by atoms with van der Waals surface area (Å²) >= 11 is 0. The van der Waals surface area contributed by atoms with Crippen molar-refractivity contribution in [3.8, 4) is 34.5 Å². The van der Waals surface area contributed by atoms with Gasteiger partial charge in [-0.3, -0.25) is 0 Å². The van der Waals surface area contributed by atoms with Crippen LogP contribution in [0.1, 0.15) is 62.1 Å². The molecule has 0 bridgehead atoms. The number of carbonyl (C=O) groups excluding carboxylic acids is 6. The zero-order valence-corrected chi connectivity index (χ0v) is 33.7. The second-order valence-electron chi connectivity index (χ2n) is 12.6. The second-order valence-corrected chi connectivity index (χ2v) is 19.7. The molecule has 1 aliphatic rings. The molecule has 2 N–H and O–H groups in total. The van der Waals surface area contributed by atoms with Crippen LogP contribution in [0.2, 0.25) is 0 Å². The summed E-state index contributed by atoms with van der Waals surface area (Å²) in [5, 5.41) is 0. The summed E-state index contributed by atoms with van der Waals surface area (Å²) < 4.78 is 46.4. The maximum atomic E-state index is 12.7. The Morgan fingerprint density at radius 3 is 0.850 bits per heavy atom. The van der Waals surface area contributed by atoms with Gasteiger partial charge in [-0.25, -0.2) is 0 Å². The molecule has 1 aliphatic heterocycles. The molecule has 0 unspecified atom stereocenters. The average Bonchev–Trinajstić information content (AvgIpc) is 3.27. The molecule has 0 saturated heterocycles. The first-order valence-electron chi connectivity index (χ1n) is 17.7. The number of benzene rings is 6. The number of nitrogens with zero attached hydrogens (tertiary/aromatic N) is 1. The van der Waals surface area contributed by atoms with Gasteiger partial charge in [0.25, 0.3) is 0 Å². The van der Waals surface area contributed by atoms with E-state index < -0.39 is 15.2 Å². The van der Waals surface area contributed by atoms with Crippen LogP contribution in [0.4, 0.5) is 0 Å². The van der Waals surface area contributed by atoms with E-state index in [4.69, 9.17) is 31.7 Å². The van der Waals surface area contributed by atoms with Crippen molar-refractivity contribution >= 4 is 61.4 Å². The van der Waals surface area contributed by atoms with Crippen LogP contribution in [0.5, 0.6) is 34.5 Å². The quantitative estimate of drug-likeness (QED) is 0.0612. The molecule has 302 valence electrons. The molecule has 7 rings (SSSR count). The number of nitrogens with one attached hydrogen (secondary N) is 2. The molecule has 0 saturated carbocycles. The Morgan fingerprint density at radius 2 is 0.600 bits per heavy atom. The molecule has 1 heterocycles. The third-order valence-electron chi connectivity index (χ3n) is 8.60. The van der Waals surface area contributed by atoms with E-state index in [1.807, 2.05) is 0 Å². The summed E-state index contributed by atoms with van der Waals surface area (Å²) in [5.41, 5.74) is -0.136. The van der Waals surface area contributed by atoms with Gasteiger partial charge >= 0.3 is 345 Å². The number of hydrogen-bond acceptors (Lipinski definition) is 15. The van der Waals surface area contributed by atoms with Crippen molar-refractivity contribution < 1.29 is 55.9 Å². The van der Waals surface area contributed by atoms with Crippen molar-refractivity contribution in [2.75, 3.05) is 0 Å². The Kier molecular flexibility index (Phi) is 11.7. The number of hydrogen-bond donors (Lipinski definition) is 2. The molecule has 0 aliphatic carbocycles. The Balaban J connectivity index is 1.66. The Bertz CT molecular complexity index is 2410. The van der Waals surface area contributed by atoms with E-state index in [0.717, 1.165) is 0 Å². The zero-order valence-electron chi connectivity index (χ0n) is 31.0. The summed E-state index contributed by atoms with van der Waals surface area (Å²) in [4.78, 5) is 82.1. The summed E-state index contributed by atoms with van der Waals surface area (Å²) in [6.45, 7) is 0. The molecular weight excluding hydrogens is 831 g/mol. The van der Waals surface area contributed by atoms with Crippen molar-refractivity contribution in [3.63, 3.8) is 0 Å². The van der Waals surface area contributed by atoms with Crippen molar-refractivity contribution in [2.45, 2.75) is 0 Å². The predicted molar refractivity (Wildman–Crippen MR) is 224 cm³/mol. The molecule has 0 spiro atoms. The number of aldehydes is 6. The third kappa shape index (κ3) is 8.17. The Labute approximate surface area is 344 Å². The fourth-order valence-corrected chi connectivity index (χ4v) is 16.3. The number of para-hydroxylation sites is 6. The normalized spacial score (nSPS) is 16.9. The molecule has 0 atom stereocenters. The number of rotatable bonds is 18. The standard InChI is InChI=1S/C42H32N3O12P3/c46-25-31-13-1-7-19-37(31)52-59(53-38-20-8-2-14-32(38)26-47,54-39-21-9-3-15-33(39)27-48)43-58-44-60(45-59,55-40-22-10-4-16-34(40)28-49,56-41-23-11-5-17-35(41)29-50)57-42-24-12-6-18-36(42)30-51/h1-30,45H,(H,43,44). The monoisotopic (exact) mass is 863 g/mol. The molecule has 15 nitrogen and oxygen atoms in total. The van der Waals surface area contributed by atoms with Gasteiger partial charge in [0.15, 0.2) is 0 Å². The minimum atomic E-state index is -6.16. The van der Waals surface area contributed by atoms with Gasteiger partial charge in [-0.05, 0) is 0 Å². The fraction of sp³-hybridized carbons (Fsp3) is 0. The van der Waals surface area contributed by atoms with Crippen LogP contribution < -0.4 is 36.9 Å². The molecule has 0 aromatic heterocycles. The van der Waals surface area contributed by atoms with E-state index >= 15 is 0 Å². The first-order valence-corrected chi connectivity index (χ1v) is 22.5. The van der Waals surface area contributed by atoms with Gasteiger partial charge in [0.05, 0.1) is 0 Å². The van der Waals surface area contributed by atoms with Crippen LogP contribution in [-0.2, 0) is 0 Å². The zero-order chi connectivity index (χ0) is 42.1. The van der Waals surface area contributed by atoms with E-state index in [0.29, 0.717) is 37.7 Å². The molecule has 60 heavy (non-hydrogen) atoms. The molecule has 0 amide bonds. The van der Waals surface area contributed by atoms with Crippen molar-refractivity contribution in [3.05, 3.63) is 179 Å². The minimum absolute atomic E-state index is 0.0178. The molecule has 0 fully saturated rings. The topological polar surface area (TPSA) is 194 Å². The van der Waals surface area contributed by atoms with Crippen LogP contribution in [0.3, 0.4) is 0 Å². The van der Waals surface area contributed by atoms with Crippen LogP contribution in [0.25, 0.3) is 0 Å². The molecule has 6 aromatic carbocycles. The van der Waals surface area contributed by atoms with Crippen LogP contribution in [0, 0.1) is 0 Å². The summed E-state index contributed by atoms with van der Waals surface area (Å²) in [7, 11) is -12.5. The number of carbonyl (C=O) groups is 6. The maximum absolute atomic E-state index is 12.7. The summed E-state index contributed by atoms with van der Waals surface area (Å²) in [5.74, 6) is -1.05. The first-order chi connectivity index (χ1) is 29.2. The van der Waals surface area contributed by atoms with Crippen LogP contribution in [0.15, 0.2) is 150 Å². The predicted octanol–water partition coefficient (Wildman–Crippen LogP) is 9.83. The average molecular weight is 864 g/mol. The van der Waals surface area contributed by atoms with Crippen molar-refractivity contribution in [1.82, 2.24) is 9.72 Å². The van der Waals surface area contributed by atoms with Gasteiger partial charge in [0.2, 0.25) is 0 Å². The molecule has 0 radical (unpaired) electrons. The van der Waals surface area contributed by atoms with Gasteiger partial charge in [-0.1, -0.05) is 0 Å². The SMILES string of the molecule is O=Cc1ccccc1OP1(Oc2ccccc2C=O)(Oc2ccccc2C=O)N=PNP(Oc2ccccc2C=O)(Oc2ccccc2C=O)(Oc2ccccc2C=O)N1. The molecule has 18 heteroatoms. The van der Waals surface area contributed by atoms with E-state index in [2.05, 4.69) is 9.72 Å². The molecular formula is C42H32N3O12P3. The second kappa shape index (κ2) is 17.1. The van der Waals surface area contributed by atoms with E-state index in [9.17, 15) is 28.8 Å². The van der Waals surface area contributed by atoms with Crippen LogP contribution in [-0.4, -0.2) is 37.7 Å². The Morgan fingerprint density at radius 1 is 0.367 bits per heavy atom. The summed E-state index contributed by atoms with van der Waals surface area (Å²) in [6.07, 6.45) is 3.05. The van der Waals surface area contributed by atoms with Crippen LogP contribution >= 0.6 is 23.7 Å². The van der Waals surface area contributed by atoms with Crippen molar-refractivity contribution in [2.24, 2.45) is 4.52 Å². The first kappa shape index (κ1) is 41.2. The third-order valence-corrected chi connectivity index (χ3v) is 17.8. The van der Waals surface area contributed by atoms with E-state index in [1.54, 1.807) is 72.8 Å². The van der Waals surface area contributed by atoms with Gasteiger partial charge in [-0.2, -0.15) is 0 Å². The Hall–Kier alpha value is -6.98. The van der Waals surface area contributed by atoms with Gasteiger partial charge < -0.3 is 0 Å². The summed E-state index contributed by atoms with van der Waals surface area (Å²) in [6, 6.07) is 36.0. The fourth-order valence-electron chi connectivity index (χ4n) is 5.88. The van der Waals surface area contributed by atoms with Gasteiger partial charge in [0, 0.05) is 0 Å². The van der Waals surface area contributed by atoms with E-state index in [1.165, 1.54) is 72.8 Å². The van der Waals surface area contributed by atoms with Gasteiger partial charge in [-0.15, -0.1) is 0 Å². The van der Waals surface area contributed by atoms with Crippen molar-refractivity contribution in [1.29, 1.82) is 0 Å². The molecule has 6 aromatic rings. The van der Waals surface area contributed by atoms with Gasteiger partial charge in [0.1, 0.15) is 0 Å².